The highest BCUT2D eigenvalue weighted by molar-refractivity contribution is 5.88. The molecule has 0 aliphatic carbocycles. The van der Waals surface area contributed by atoms with Gasteiger partial charge in [0.15, 0.2) is 5.65 Å². The number of rotatable bonds is 4. The number of methoxy groups -OCH3 is 1. The third-order valence-electron chi connectivity index (χ3n) is 4.26. The zero-order chi connectivity index (χ0) is 17.2. The minimum Gasteiger partial charge on any atom is -0.377 e. The van der Waals surface area contributed by atoms with Crippen molar-refractivity contribution in [3.05, 3.63) is 66.7 Å². The number of aryl methyl sites for hydroxylation is 1. The summed E-state index contributed by atoms with van der Waals surface area (Å²) >= 11 is 0. The molecule has 5 nitrogen and oxygen atoms in total. The lowest BCUT2D eigenvalue weighted by atomic mass is 10.0. The second-order valence-electron chi connectivity index (χ2n) is 5.86. The van der Waals surface area contributed by atoms with Crippen molar-refractivity contribution < 1.29 is 4.74 Å². The molecule has 0 aliphatic rings. The first-order valence-electron chi connectivity index (χ1n) is 8.09. The maximum atomic E-state index is 5.25. The first kappa shape index (κ1) is 15.5. The summed E-state index contributed by atoms with van der Waals surface area (Å²) < 4.78 is 7.28. The minimum absolute atomic E-state index is 0.454. The lowest BCUT2D eigenvalue weighted by Gasteiger charge is -2.10. The molecule has 0 aliphatic heterocycles. The van der Waals surface area contributed by atoms with Crippen molar-refractivity contribution in [2.75, 3.05) is 7.11 Å². The van der Waals surface area contributed by atoms with Crippen LogP contribution in [0, 0.1) is 0 Å². The van der Waals surface area contributed by atoms with Gasteiger partial charge in [0.2, 0.25) is 0 Å². The van der Waals surface area contributed by atoms with E-state index in [9.17, 15) is 0 Å². The Morgan fingerprint density at radius 1 is 1.00 bits per heavy atom. The van der Waals surface area contributed by atoms with Crippen molar-refractivity contribution in [3.63, 3.8) is 0 Å². The van der Waals surface area contributed by atoms with Crippen LogP contribution in [0.15, 0.2) is 60.9 Å². The zero-order valence-electron chi connectivity index (χ0n) is 14.2. The van der Waals surface area contributed by atoms with Crippen LogP contribution >= 0.6 is 0 Å². The van der Waals surface area contributed by atoms with Crippen LogP contribution in [0.2, 0.25) is 0 Å². The third kappa shape index (κ3) is 2.79. The van der Waals surface area contributed by atoms with Gasteiger partial charge in [0.05, 0.1) is 11.2 Å². The van der Waals surface area contributed by atoms with Gasteiger partial charge in [0.1, 0.15) is 12.4 Å². The number of ether oxygens (including phenoxy) is 1. The number of nitrogens with zero attached hydrogens (tertiary/aromatic N) is 4. The zero-order valence-corrected chi connectivity index (χ0v) is 14.2. The number of pyridine rings is 2. The Morgan fingerprint density at radius 3 is 2.52 bits per heavy atom. The lowest BCUT2D eigenvalue weighted by Crippen LogP contribution is -1.99. The predicted molar refractivity (Wildman–Crippen MR) is 97.9 cm³/mol. The fraction of sp³-hybridized carbons (Fsp3) is 0.150. The molecule has 5 heteroatoms. The molecule has 0 unspecified atom stereocenters. The molecule has 0 spiro atoms. The van der Waals surface area contributed by atoms with Gasteiger partial charge in [-0.25, -0.2) is 9.97 Å². The molecule has 4 aromatic rings. The van der Waals surface area contributed by atoms with Crippen molar-refractivity contribution in [1.82, 2.24) is 19.5 Å². The van der Waals surface area contributed by atoms with E-state index in [0.717, 1.165) is 39.4 Å². The summed E-state index contributed by atoms with van der Waals surface area (Å²) in [5.41, 5.74) is 5.74. The van der Waals surface area contributed by atoms with Gasteiger partial charge in [-0.15, -0.1) is 0 Å². The summed E-state index contributed by atoms with van der Waals surface area (Å²) in [4.78, 5) is 13.8. The maximum Gasteiger partial charge on any atom is 0.178 e. The molecule has 0 saturated carbocycles. The standard InChI is InChI=1S/C20H18N4O/c1-24-17-11-16(15-9-6-10-21-12-15)19(14-7-4-3-5-8-14)23-20(17)22-18(24)13-25-2/h3-12H,13H2,1-2H3. The average Bonchev–Trinajstić information content (AvgIpc) is 2.98. The number of fused-ring (bicyclic) bond motifs is 1. The summed E-state index contributed by atoms with van der Waals surface area (Å²) in [6, 6.07) is 16.3. The first-order chi connectivity index (χ1) is 12.3. The van der Waals surface area contributed by atoms with E-state index in [4.69, 9.17) is 9.72 Å². The number of benzene rings is 1. The molecule has 0 radical (unpaired) electrons. The van der Waals surface area contributed by atoms with E-state index in [-0.39, 0.29) is 0 Å². The Morgan fingerprint density at radius 2 is 1.80 bits per heavy atom. The summed E-state index contributed by atoms with van der Waals surface area (Å²) in [6.07, 6.45) is 3.64. The van der Waals surface area contributed by atoms with E-state index in [1.165, 1.54) is 0 Å². The molecule has 0 N–H and O–H groups in total. The maximum absolute atomic E-state index is 5.25. The summed E-state index contributed by atoms with van der Waals surface area (Å²) in [7, 11) is 3.66. The Kier molecular flexibility index (Phi) is 3.99. The highest BCUT2D eigenvalue weighted by Crippen LogP contribution is 2.33. The van der Waals surface area contributed by atoms with Crippen molar-refractivity contribution in [3.8, 4) is 22.4 Å². The van der Waals surface area contributed by atoms with Crippen LogP contribution in [0.4, 0.5) is 0 Å². The van der Waals surface area contributed by atoms with Crippen LogP contribution in [0.3, 0.4) is 0 Å². The molecule has 1 aromatic carbocycles. The van der Waals surface area contributed by atoms with Crippen molar-refractivity contribution in [1.29, 1.82) is 0 Å². The lowest BCUT2D eigenvalue weighted by molar-refractivity contribution is 0.176. The molecule has 3 heterocycles. The molecule has 4 rings (SSSR count). The monoisotopic (exact) mass is 330 g/mol. The van der Waals surface area contributed by atoms with E-state index in [2.05, 4.69) is 34.2 Å². The van der Waals surface area contributed by atoms with Crippen molar-refractivity contribution in [2.24, 2.45) is 7.05 Å². The molecule has 0 amide bonds. The van der Waals surface area contributed by atoms with Gasteiger partial charge >= 0.3 is 0 Å². The minimum atomic E-state index is 0.454. The van der Waals surface area contributed by atoms with Crippen LogP contribution < -0.4 is 0 Å². The van der Waals surface area contributed by atoms with Crippen LogP contribution in [0.5, 0.6) is 0 Å². The Labute approximate surface area is 146 Å². The summed E-state index contributed by atoms with van der Waals surface area (Å²) in [5.74, 6) is 0.854. The highest BCUT2D eigenvalue weighted by Gasteiger charge is 2.16. The summed E-state index contributed by atoms with van der Waals surface area (Å²) in [6.45, 7) is 0.454. The fourth-order valence-electron chi connectivity index (χ4n) is 2.97. The molecular weight excluding hydrogens is 312 g/mol. The topological polar surface area (TPSA) is 52.8 Å². The third-order valence-corrected chi connectivity index (χ3v) is 4.26. The van der Waals surface area contributed by atoms with Gasteiger partial charge in [0, 0.05) is 43.2 Å². The number of hydrogen-bond acceptors (Lipinski definition) is 4. The van der Waals surface area contributed by atoms with E-state index in [1.54, 1.807) is 13.3 Å². The molecule has 3 aromatic heterocycles. The molecule has 0 fully saturated rings. The largest absolute Gasteiger partial charge is 0.377 e. The number of aromatic nitrogens is 4. The second kappa shape index (κ2) is 6.45. The molecule has 0 saturated heterocycles. The molecule has 0 atom stereocenters. The average molecular weight is 330 g/mol. The van der Waals surface area contributed by atoms with E-state index in [1.807, 2.05) is 42.1 Å². The van der Waals surface area contributed by atoms with Crippen LogP contribution in [0.25, 0.3) is 33.5 Å². The SMILES string of the molecule is COCc1nc2nc(-c3ccccc3)c(-c3cccnc3)cc2n1C. The van der Waals surface area contributed by atoms with Gasteiger partial charge in [-0.05, 0) is 12.1 Å². The van der Waals surface area contributed by atoms with Gasteiger partial charge in [-0.1, -0.05) is 36.4 Å². The number of hydrogen-bond donors (Lipinski definition) is 0. The quantitative estimate of drug-likeness (QED) is 0.570. The van der Waals surface area contributed by atoms with Crippen LogP contribution in [-0.4, -0.2) is 26.6 Å². The first-order valence-corrected chi connectivity index (χ1v) is 8.09. The molecule has 25 heavy (non-hydrogen) atoms. The summed E-state index contributed by atoms with van der Waals surface area (Å²) in [5, 5.41) is 0. The fourth-order valence-corrected chi connectivity index (χ4v) is 2.97. The Hall–Kier alpha value is -3.05. The van der Waals surface area contributed by atoms with Crippen LogP contribution in [0.1, 0.15) is 5.82 Å². The van der Waals surface area contributed by atoms with E-state index >= 15 is 0 Å². The molecular formula is C20H18N4O. The van der Waals surface area contributed by atoms with E-state index in [0.29, 0.717) is 6.61 Å². The smallest absolute Gasteiger partial charge is 0.178 e. The molecule has 0 bridgehead atoms. The number of imidazole rings is 1. The highest BCUT2D eigenvalue weighted by atomic mass is 16.5. The van der Waals surface area contributed by atoms with Gasteiger partial charge in [-0.3, -0.25) is 4.98 Å². The van der Waals surface area contributed by atoms with Crippen molar-refractivity contribution in [2.45, 2.75) is 6.61 Å². The van der Waals surface area contributed by atoms with Crippen LogP contribution in [-0.2, 0) is 18.4 Å². The van der Waals surface area contributed by atoms with E-state index < -0.39 is 0 Å². The van der Waals surface area contributed by atoms with Gasteiger partial charge in [0.25, 0.3) is 0 Å². The molecule has 124 valence electrons. The Bertz CT molecular complexity index is 1010. The van der Waals surface area contributed by atoms with Gasteiger partial charge < -0.3 is 9.30 Å². The Balaban J connectivity index is 2.01. The normalized spacial score (nSPS) is 11.1. The van der Waals surface area contributed by atoms with Gasteiger partial charge in [-0.2, -0.15) is 0 Å². The second-order valence-corrected chi connectivity index (χ2v) is 5.86. The van der Waals surface area contributed by atoms with Crippen molar-refractivity contribution >= 4 is 11.2 Å². The predicted octanol–water partition coefficient (Wildman–Crippen LogP) is 3.84.